The van der Waals surface area contributed by atoms with Crippen molar-refractivity contribution in [1.82, 2.24) is 0 Å². The van der Waals surface area contributed by atoms with Gasteiger partial charge in [0.15, 0.2) is 8.32 Å². The number of benzene rings is 1. The molecule has 0 spiro atoms. The fourth-order valence-corrected chi connectivity index (χ4v) is 3.69. The van der Waals surface area contributed by atoms with Crippen LogP contribution in [0.2, 0.25) is 18.1 Å². The zero-order valence-electron chi connectivity index (χ0n) is 13.4. The third-order valence-electron chi connectivity index (χ3n) is 4.28. The molecule has 0 radical (unpaired) electrons. The van der Waals surface area contributed by atoms with Gasteiger partial charge >= 0.3 is 0 Å². The summed E-state index contributed by atoms with van der Waals surface area (Å²) in [6, 6.07) is 4.38. The molecular weight excluding hydrogens is 316 g/mol. The Hall–Kier alpha value is -0.123. The van der Waals surface area contributed by atoms with Crippen molar-refractivity contribution in [3.05, 3.63) is 33.3 Å². The van der Waals surface area contributed by atoms with Crippen molar-refractivity contribution in [1.29, 1.82) is 0 Å². The van der Waals surface area contributed by atoms with Crippen molar-refractivity contribution in [3.63, 3.8) is 0 Å². The molecule has 0 fully saturated rings. The van der Waals surface area contributed by atoms with Gasteiger partial charge in [-0.25, -0.2) is 0 Å². The van der Waals surface area contributed by atoms with Crippen LogP contribution in [0, 0.1) is 13.8 Å². The van der Waals surface area contributed by atoms with E-state index in [4.69, 9.17) is 4.43 Å². The zero-order valence-corrected chi connectivity index (χ0v) is 15.9. The Morgan fingerprint density at radius 3 is 2.00 bits per heavy atom. The second-order valence-corrected chi connectivity index (χ2v) is 12.6. The van der Waals surface area contributed by atoms with Crippen LogP contribution in [-0.4, -0.2) is 14.9 Å². The third-order valence-corrected chi connectivity index (χ3v) is 9.28. The van der Waals surface area contributed by atoms with Crippen LogP contribution in [0.25, 0.3) is 0 Å². The van der Waals surface area contributed by atoms with Crippen molar-refractivity contribution < 1.29 is 4.43 Å². The molecule has 0 aliphatic rings. The van der Waals surface area contributed by atoms with E-state index in [1.54, 1.807) is 0 Å². The standard InChI is InChI=1S/C16H27BrOSi/c1-12-10-14(17)11-13(2)15(12)8-9-18-19(6,7)16(3,4)5/h10-11H,8-9H2,1-7H3. The minimum atomic E-state index is -1.61. The van der Waals surface area contributed by atoms with Crippen LogP contribution in [0.1, 0.15) is 37.5 Å². The number of hydrogen-bond donors (Lipinski definition) is 0. The lowest BCUT2D eigenvalue weighted by atomic mass is 10.0. The van der Waals surface area contributed by atoms with E-state index in [1.807, 2.05) is 0 Å². The number of hydrogen-bond acceptors (Lipinski definition) is 1. The van der Waals surface area contributed by atoms with Crippen LogP contribution in [0.5, 0.6) is 0 Å². The minimum Gasteiger partial charge on any atom is -0.416 e. The molecule has 1 aromatic carbocycles. The largest absolute Gasteiger partial charge is 0.416 e. The molecule has 0 bridgehead atoms. The van der Waals surface area contributed by atoms with Crippen molar-refractivity contribution in [2.45, 2.75) is 59.2 Å². The highest BCUT2D eigenvalue weighted by Crippen LogP contribution is 2.36. The molecule has 0 amide bonds. The lowest BCUT2D eigenvalue weighted by molar-refractivity contribution is 0.291. The van der Waals surface area contributed by atoms with Gasteiger partial charge in [0.1, 0.15) is 0 Å². The van der Waals surface area contributed by atoms with Gasteiger partial charge in [0.2, 0.25) is 0 Å². The van der Waals surface area contributed by atoms with Crippen LogP contribution >= 0.6 is 15.9 Å². The molecule has 0 saturated carbocycles. The average molecular weight is 343 g/mol. The Labute approximate surface area is 128 Å². The summed E-state index contributed by atoms with van der Waals surface area (Å²) in [6.45, 7) is 16.7. The summed E-state index contributed by atoms with van der Waals surface area (Å²) in [5.41, 5.74) is 4.14. The van der Waals surface area contributed by atoms with Gasteiger partial charge in [-0.1, -0.05) is 36.7 Å². The van der Waals surface area contributed by atoms with E-state index < -0.39 is 8.32 Å². The first-order valence-electron chi connectivity index (χ1n) is 6.94. The van der Waals surface area contributed by atoms with E-state index in [0.717, 1.165) is 17.5 Å². The Kier molecular flexibility index (Phi) is 5.44. The first-order chi connectivity index (χ1) is 8.54. The average Bonchev–Trinajstić information content (AvgIpc) is 2.20. The highest BCUT2D eigenvalue weighted by molar-refractivity contribution is 9.10. The molecule has 1 nitrogen and oxygen atoms in total. The van der Waals surface area contributed by atoms with Gasteiger partial charge in [-0.3, -0.25) is 0 Å². The molecular formula is C16H27BrOSi. The predicted octanol–water partition coefficient (Wildman–Crippen LogP) is 5.63. The predicted molar refractivity (Wildman–Crippen MR) is 90.5 cm³/mol. The maximum absolute atomic E-state index is 6.27. The van der Waals surface area contributed by atoms with Crippen molar-refractivity contribution >= 4 is 24.2 Å². The Bertz CT molecular complexity index is 424. The molecule has 0 N–H and O–H groups in total. The lowest BCUT2D eigenvalue weighted by Gasteiger charge is -2.36. The second-order valence-electron chi connectivity index (χ2n) is 6.88. The molecule has 0 unspecified atom stereocenters. The SMILES string of the molecule is Cc1cc(Br)cc(C)c1CCO[Si](C)(C)C(C)(C)C. The van der Waals surface area contributed by atoms with Gasteiger partial charge in [-0.15, -0.1) is 0 Å². The lowest BCUT2D eigenvalue weighted by Crippen LogP contribution is -2.41. The zero-order chi connectivity index (χ0) is 14.8. The van der Waals surface area contributed by atoms with Gasteiger partial charge in [-0.2, -0.15) is 0 Å². The van der Waals surface area contributed by atoms with E-state index >= 15 is 0 Å². The number of halogens is 1. The third kappa shape index (κ3) is 4.43. The van der Waals surface area contributed by atoms with Crippen LogP contribution < -0.4 is 0 Å². The minimum absolute atomic E-state index is 0.288. The summed E-state index contributed by atoms with van der Waals surface area (Å²) in [5.74, 6) is 0. The van der Waals surface area contributed by atoms with Gasteiger partial charge in [0.25, 0.3) is 0 Å². The van der Waals surface area contributed by atoms with Gasteiger partial charge < -0.3 is 4.43 Å². The summed E-state index contributed by atoms with van der Waals surface area (Å²) in [7, 11) is -1.61. The number of aryl methyl sites for hydroxylation is 2. The Morgan fingerprint density at radius 1 is 1.11 bits per heavy atom. The monoisotopic (exact) mass is 342 g/mol. The maximum Gasteiger partial charge on any atom is 0.191 e. The summed E-state index contributed by atoms with van der Waals surface area (Å²) >= 11 is 3.55. The highest BCUT2D eigenvalue weighted by atomic mass is 79.9. The van der Waals surface area contributed by atoms with Gasteiger partial charge in [0, 0.05) is 11.1 Å². The van der Waals surface area contributed by atoms with Gasteiger partial charge in [-0.05, 0) is 67.2 Å². The van der Waals surface area contributed by atoms with E-state index in [1.165, 1.54) is 16.7 Å². The fourth-order valence-electron chi connectivity index (χ4n) is 1.96. The van der Waals surface area contributed by atoms with E-state index in [2.05, 4.69) is 75.8 Å². The molecule has 0 saturated heterocycles. The topological polar surface area (TPSA) is 9.23 Å². The fraction of sp³-hybridized carbons (Fsp3) is 0.625. The number of rotatable bonds is 4. The second kappa shape index (κ2) is 6.11. The van der Waals surface area contributed by atoms with Crippen LogP contribution in [-0.2, 0) is 10.8 Å². The van der Waals surface area contributed by atoms with E-state index in [-0.39, 0.29) is 5.04 Å². The summed E-state index contributed by atoms with van der Waals surface area (Å²) in [5, 5.41) is 0.288. The van der Waals surface area contributed by atoms with Crippen molar-refractivity contribution in [3.8, 4) is 0 Å². The molecule has 0 heterocycles. The van der Waals surface area contributed by atoms with Crippen LogP contribution in [0.4, 0.5) is 0 Å². The smallest absolute Gasteiger partial charge is 0.191 e. The normalized spacial score (nSPS) is 12.8. The molecule has 0 atom stereocenters. The maximum atomic E-state index is 6.27. The molecule has 1 aromatic rings. The van der Waals surface area contributed by atoms with Crippen LogP contribution in [0.3, 0.4) is 0 Å². The van der Waals surface area contributed by atoms with Gasteiger partial charge in [0.05, 0.1) is 0 Å². The molecule has 1 rings (SSSR count). The Morgan fingerprint density at radius 2 is 1.58 bits per heavy atom. The first kappa shape index (κ1) is 16.9. The molecule has 0 aliphatic carbocycles. The highest BCUT2D eigenvalue weighted by Gasteiger charge is 2.36. The molecule has 19 heavy (non-hydrogen) atoms. The quantitative estimate of drug-likeness (QED) is 0.644. The summed E-state index contributed by atoms with van der Waals surface area (Å²) in [6.07, 6.45) is 1.01. The molecule has 0 aromatic heterocycles. The van der Waals surface area contributed by atoms with Crippen molar-refractivity contribution in [2.24, 2.45) is 0 Å². The van der Waals surface area contributed by atoms with E-state index in [0.29, 0.717) is 0 Å². The summed E-state index contributed by atoms with van der Waals surface area (Å²) < 4.78 is 7.43. The van der Waals surface area contributed by atoms with E-state index in [9.17, 15) is 0 Å². The molecule has 3 heteroatoms. The first-order valence-corrected chi connectivity index (χ1v) is 10.6. The Balaban J connectivity index is 2.69. The molecule has 0 aliphatic heterocycles. The van der Waals surface area contributed by atoms with Crippen molar-refractivity contribution in [2.75, 3.05) is 6.61 Å². The molecule has 108 valence electrons. The van der Waals surface area contributed by atoms with Crippen LogP contribution in [0.15, 0.2) is 16.6 Å². The summed E-state index contributed by atoms with van der Waals surface area (Å²) in [4.78, 5) is 0.